The predicted molar refractivity (Wildman–Crippen MR) is 147 cm³/mol. The summed E-state index contributed by atoms with van der Waals surface area (Å²) < 4.78 is 5.21. The van der Waals surface area contributed by atoms with Crippen molar-refractivity contribution in [1.82, 2.24) is 30.2 Å². The Kier molecular flexibility index (Phi) is 7.60. The molecule has 38 heavy (non-hydrogen) atoms. The Morgan fingerprint density at radius 2 is 1.89 bits per heavy atom. The highest BCUT2D eigenvalue weighted by molar-refractivity contribution is 5.94. The highest BCUT2D eigenvalue weighted by Crippen LogP contribution is 2.31. The summed E-state index contributed by atoms with van der Waals surface area (Å²) in [6, 6.07) is 11.9. The minimum absolute atomic E-state index is 0.168. The van der Waals surface area contributed by atoms with Crippen LogP contribution in [0.2, 0.25) is 0 Å². The van der Waals surface area contributed by atoms with E-state index in [9.17, 15) is 9.59 Å². The molecule has 1 aliphatic heterocycles. The van der Waals surface area contributed by atoms with Gasteiger partial charge in [0.25, 0.3) is 5.56 Å². The van der Waals surface area contributed by atoms with E-state index in [4.69, 9.17) is 9.72 Å². The number of hydrogen-bond acceptors (Lipinski definition) is 8. The maximum atomic E-state index is 12.7. The lowest BCUT2D eigenvalue weighted by Crippen LogP contribution is -2.42. The number of nitrogens with one attached hydrogen (secondary N) is 3. The van der Waals surface area contributed by atoms with Gasteiger partial charge in [0.15, 0.2) is 0 Å². The number of rotatable bonds is 8. The summed E-state index contributed by atoms with van der Waals surface area (Å²) in [7, 11) is 1.53. The number of likely N-dealkylation sites (N-methyl/N-ethyl adjacent to an activating group) is 1. The van der Waals surface area contributed by atoms with Crippen molar-refractivity contribution in [3.05, 3.63) is 70.9 Å². The van der Waals surface area contributed by atoms with Crippen molar-refractivity contribution >= 4 is 28.2 Å². The first kappa shape index (κ1) is 25.3. The number of carbonyl (C=O) groups excluding carboxylic acids is 1. The number of amides is 1. The Morgan fingerprint density at radius 1 is 1.11 bits per heavy atom. The van der Waals surface area contributed by atoms with Crippen molar-refractivity contribution in [3.63, 3.8) is 0 Å². The second kappa shape index (κ2) is 11.4. The molecule has 3 aromatic heterocycles. The Hall–Kier alpha value is -4.31. The molecule has 0 radical (unpaired) electrons. The molecule has 10 nitrogen and oxygen atoms in total. The summed E-state index contributed by atoms with van der Waals surface area (Å²) >= 11 is 0. The SMILES string of the molecule is CCNCC(=O)N1CCC(c2ccc(Nc3nc(-c4cncc(OC)n4)cc4cc[nH]c(=O)c34)cc2)CC1. The van der Waals surface area contributed by atoms with Crippen LogP contribution in [0.3, 0.4) is 0 Å². The number of carbonyl (C=O) groups is 1. The number of pyridine rings is 2. The molecular formula is C28H31N7O3. The van der Waals surface area contributed by atoms with Gasteiger partial charge in [0.05, 0.1) is 37.1 Å². The maximum absolute atomic E-state index is 12.7. The molecule has 4 aromatic rings. The number of hydrogen-bond donors (Lipinski definition) is 3. The van der Waals surface area contributed by atoms with Gasteiger partial charge < -0.3 is 25.3 Å². The number of piperidine rings is 1. The van der Waals surface area contributed by atoms with E-state index < -0.39 is 0 Å². The fourth-order valence-corrected chi connectivity index (χ4v) is 4.79. The number of aromatic amines is 1. The number of ether oxygens (including phenoxy) is 1. The highest BCUT2D eigenvalue weighted by atomic mass is 16.5. The van der Waals surface area contributed by atoms with E-state index in [0.29, 0.717) is 40.9 Å². The fourth-order valence-electron chi connectivity index (χ4n) is 4.79. The molecule has 4 heterocycles. The number of fused-ring (bicyclic) bond motifs is 1. The summed E-state index contributed by atoms with van der Waals surface area (Å²) in [6.45, 7) is 4.74. The van der Waals surface area contributed by atoms with Crippen LogP contribution in [0, 0.1) is 0 Å². The van der Waals surface area contributed by atoms with Gasteiger partial charge in [-0.3, -0.25) is 14.6 Å². The smallest absolute Gasteiger partial charge is 0.259 e. The molecule has 0 spiro atoms. The van der Waals surface area contributed by atoms with E-state index in [1.807, 2.05) is 36.1 Å². The zero-order valence-corrected chi connectivity index (χ0v) is 21.5. The summed E-state index contributed by atoms with van der Waals surface area (Å²) in [5.41, 5.74) is 2.94. The third kappa shape index (κ3) is 5.50. The van der Waals surface area contributed by atoms with Gasteiger partial charge >= 0.3 is 0 Å². The van der Waals surface area contributed by atoms with Crippen molar-refractivity contribution in [3.8, 4) is 17.3 Å². The summed E-state index contributed by atoms with van der Waals surface area (Å²) in [4.78, 5) is 43.1. The zero-order chi connectivity index (χ0) is 26.5. The third-order valence-corrected chi connectivity index (χ3v) is 6.86. The van der Waals surface area contributed by atoms with Crippen LogP contribution in [0.4, 0.5) is 11.5 Å². The summed E-state index contributed by atoms with van der Waals surface area (Å²) in [6.07, 6.45) is 6.64. The molecule has 0 bridgehead atoms. The third-order valence-electron chi connectivity index (χ3n) is 6.86. The van der Waals surface area contributed by atoms with Crippen molar-refractivity contribution in [2.45, 2.75) is 25.7 Å². The minimum Gasteiger partial charge on any atom is -0.480 e. The zero-order valence-electron chi connectivity index (χ0n) is 21.5. The topological polar surface area (TPSA) is 125 Å². The lowest BCUT2D eigenvalue weighted by Gasteiger charge is -2.32. The van der Waals surface area contributed by atoms with Gasteiger partial charge in [-0.25, -0.2) is 9.97 Å². The molecule has 1 saturated heterocycles. The summed E-state index contributed by atoms with van der Waals surface area (Å²) in [5.74, 6) is 1.39. The first-order valence-electron chi connectivity index (χ1n) is 12.8. The highest BCUT2D eigenvalue weighted by Gasteiger charge is 2.23. The second-order valence-electron chi connectivity index (χ2n) is 9.26. The first-order chi connectivity index (χ1) is 18.6. The quantitative estimate of drug-likeness (QED) is 0.327. The van der Waals surface area contributed by atoms with Crippen molar-refractivity contribution in [1.29, 1.82) is 0 Å². The first-order valence-corrected chi connectivity index (χ1v) is 12.8. The molecule has 0 unspecified atom stereocenters. The fraction of sp³-hybridized carbons (Fsp3) is 0.321. The maximum Gasteiger partial charge on any atom is 0.259 e. The lowest BCUT2D eigenvalue weighted by molar-refractivity contribution is -0.131. The average Bonchev–Trinajstić information content (AvgIpc) is 2.96. The Balaban J connectivity index is 1.36. The van der Waals surface area contributed by atoms with Crippen LogP contribution in [0.5, 0.6) is 5.88 Å². The van der Waals surface area contributed by atoms with E-state index in [0.717, 1.165) is 43.5 Å². The van der Waals surface area contributed by atoms with Gasteiger partial charge in [-0.05, 0) is 60.5 Å². The van der Waals surface area contributed by atoms with Gasteiger partial charge in [0, 0.05) is 25.0 Å². The molecule has 1 fully saturated rings. The van der Waals surface area contributed by atoms with Crippen LogP contribution < -0.4 is 20.9 Å². The molecule has 3 N–H and O–H groups in total. The number of nitrogens with zero attached hydrogens (tertiary/aromatic N) is 4. The van der Waals surface area contributed by atoms with E-state index in [-0.39, 0.29) is 11.5 Å². The van der Waals surface area contributed by atoms with Crippen LogP contribution in [0.15, 0.2) is 59.8 Å². The van der Waals surface area contributed by atoms with Gasteiger partial charge in [-0.2, -0.15) is 0 Å². The van der Waals surface area contributed by atoms with Crippen LogP contribution in [-0.2, 0) is 4.79 Å². The van der Waals surface area contributed by atoms with Crippen LogP contribution in [0.25, 0.3) is 22.2 Å². The van der Waals surface area contributed by atoms with Gasteiger partial charge in [0.1, 0.15) is 11.5 Å². The van der Waals surface area contributed by atoms with E-state index in [2.05, 4.69) is 37.7 Å². The number of benzene rings is 1. The monoisotopic (exact) mass is 513 g/mol. The number of H-pyrrole nitrogens is 1. The molecule has 5 rings (SSSR count). The van der Waals surface area contributed by atoms with Gasteiger partial charge in [-0.1, -0.05) is 19.1 Å². The van der Waals surface area contributed by atoms with Gasteiger partial charge in [0.2, 0.25) is 11.8 Å². The molecule has 10 heteroatoms. The molecule has 0 aliphatic carbocycles. The lowest BCUT2D eigenvalue weighted by atomic mass is 9.89. The number of methoxy groups -OCH3 is 1. The molecule has 0 saturated carbocycles. The van der Waals surface area contributed by atoms with E-state index >= 15 is 0 Å². The second-order valence-corrected chi connectivity index (χ2v) is 9.26. The molecular weight excluding hydrogens is 482 g/mol. The molecule has 1 aromatic carbocycles. The van der Waals surface area contributed by atoms with Crippen LogP contribution in [-0.4, -0.2) is 64.0 Å². The Bertz CT molecular complexity index is 1480. The van der Waals surface area contributed by atoms with Gasteiger partial charge in [-0.15, -0.1) is 0 Å². The Morgan fingerprint density at radius 3 is 2.63 bits per heavy atom. The molecule has 196 valence electrons. The summed E-state index contributed by atoms with van der Waals surface area (Å²) in [5, 5.41) is 7.64. The number of likely N-dealkylation sites (tertiary alicyclic amines) is 1. The molecule has 0 atom stereocenters. The van der Waals surface area contributed by atoms with Crippen molar-refractivity contribution in [2.75, 3.05) is 38.6 Å². The standard InChI is InChI=1S/C28H31N7O3/c1-3-29-17-25(36)35-12-9-19(10-13-35)18-4-6-21(7-5-18)32-27-26-20(8-11-31-28(26)37)14-22(34-27)23-15-30-16-24(33-23)38-2/h4-8,11,14-16,19,29H,3,9-10,12-13,17H2,1-2H3,(H,31,37)(H,32,34). The molecule has 1 amide bonds. The average molecular weight is 514 g/mol. The molecule has 1 aliphatic rings. The normalized spacial score (nSPS) is 14.0. The number of aromatic nitrogens is 4. The van der Waals surface area contributed by atoms with E-state index in [1.165, 1.54) is 18.9 Å². The van der Waals surface area contributed by atoms with Crippen LogP contribution >= 0.6 is 0 Å². The Labute approximate surface area is 220 Å². The minimum atomic E-state index is -0.229. The van der Waals surface area contributed by atoms with Crippen LogP contribution in [0.1, 0.15) is 31.2 Å². The predicted octanol–water partition coefficient (Wildman–Crippen LogP) is 3.45. The largest absolute Gasteiger partial charge is 0.480 e. The van der Waals surface area contributed by atoms with Crippen molar-refractivity contribution < 1.29 is 9.53 Å². The van der Waals surface area contributed by atoms with Crippen molar-refractivity contribution in [2.24, 2.45) is 0 Å². The van der Waals surface area contributed by atoms with E-state index in [1.54, 1.807) is 12.4 Å². The number of anilines is 2.